The topological polar surface area (TPSA) is 91.4 Å². The summed E-state index contributed by atoms with van der Waals surface area (Å²) in [6, 6.07) is 10.1. The lowest BCUT2D eigenvalue weighted by Crippen LogP contribution is -2.52. The fourth-order valence-corrected chi connectivity index (χ4v) is 5.94. The number of benzene rings is 2. The number of fused-ring (bicyclic) bond motifs is 1. The summed E-state index contributed by atoms with van der Waals surface area (Å²) in [6.07, 6.45) is 0.628. The molecule has 0 saturated heterocycles. The third-order valence-electron chi connectivity index (χ3n) is 7.94. The summed E-state index contributed by atoms with van der Waals surface area (Å²) in [4.78, 5) is 45.3. The van der Waals surface area contributed by atoms with Crippen molar-refractivity contribution >= 4 is 35.1 Å². The van der Waals surface area contributed by atoms with Gasteiger partial charge in [-0.15, -0.1) is 0 Å². The molecule has 1 heterocycles. The van der Waals surface area contributed by atoms with Gasteiger partial charge in [0, 0.05) is 44.5 Å². The minimum absolute atomic E-state index is 0.0619. The maximum absolute atomic E-state index is 13.8. The van der Waals surface area contributed by atoms with Crippen LogP contribution in [0.5, 0.6) is 5.75 Å². The second-order valence-electron chi connectivity index (χ2n) is 11.1. The summed E-state index contributed by atoms with van der Waals surface area (Å²) in [7, 11) is 1.59. The van der Waals surface area contributed by atoms with E-state index in [1.165, 1.54) is 23.1 Å². The number of nitrogens with zero attached hydrogens (tertiary/aromatic N) is 3. The average molecular weight is 639 g/mol. The molecule has 0 spiro atoms. The standard InChI is InChI=1S/C31H38ClF3N4O5/c1-21-18-39(29(41)25-13-12-24(16-26(25)32)44-20-31(33,34)35)27-11-7-6-8-22(27)19-38(21)30(42)36-17-28(40)37(14-15-43-2)23-9-4-3-5-10-23/h6-8,11-13,16,21,23H,3-5,9-10,14-15,17-20H2,1-2H3,(H,36,42). The number of ether oxygens (including phenoxy) is 2. The number of amides is 4. The van der Waals surface area contributed by atoms with E-state index in [1.807, 2.05) is 11.0 Å². The van der Waals surface area contributed by atoms with E-state index in [9.17, 15) is 27.6 Å². The lowest BCUT2D eigenvalue weighted by atomic mass is 9.94. The molecule has 0 aromatic heterocycles. The monoisotopic (exact) mass is 638 g/mol. The molecule has 4 rings (SSSR count). The number of alkyl halides is 3. The summed E-state index contributed by atoms with van der Waals surface area (Å²) in [5, 5.41) is 2.73. The first-order chi connectivity index (χ1) is 21.0. The van der Waals surface area contributed by atoms with Gasteiger partial charge in [0.1, 0.15) is 5.75 Å². The molecule has 1 N–H and O–H groups in total. The Bertz CT molecular complexity index is 1320. The van der Waals surface area contributed by atoms with E-state index in [0.29, 0.717) is 24.4 Å². The number of carbonyl (C=O) groups is 3. The van der Waals surface area contributed by atoms with Crippen molar-refractivity contribution in [3.8, 4) is 5.75 Å². The smallest absolute Gasteiger partial charge is 0.422 e. The maximum atomic E-state index is 13.8. The molecule has 4 amide bonds. The van der Waals surface area contributed by atoms with Gasteiger partial charge in [-0.2, -0.15) is 13.2 Å². The van der Waals surface area contributed by atoms with Gasteiger partial charge in [0.15, 0.2) is 6.61 Å². The van der Waals surface area contributed by atoms with E-state index in [4.69, 9.17) is 21.1 Å². The average Bonchev–Trinajstić information content (AvgIpc) is 3.15. The zero-order valence-electron chi connectivity index (χ0n) is 24.9. The highest BCUT2D eigenvalue weighted by molar-refractivity contribution is 6.34. The summed E-state index contributed by atoms with van der Waals surface area (Å²) >= 11 is 6.33. The Morgan fingerprint density at radius 3 is 2.50 bits per heavy atom. The second-order valence-corrected chi connectivity index (χ2v) is 11.5. The van der Waals surface area contributed by atoms with Crippen molar-refractivity contribution in [2.75, 3.05) is 44.9 Å². The molecule has 1 atom stereocenters. The Hall–Kier alpha value is -3.51. The normalized spacial score (nSPS) is 17.5. The van der Waals surface area contributed by atoms with Crippen LogP contribution in [0, 0.1) is 0 Å². The van der Waals surface area contributed by atoms with E-state index in [0.717, 1.165) is 32.1 Å². The van der Waals surface area contributed by atoms with Crippen LogP contribution in [0.25, 0.3) is 0 Å². The highest BCUT2D eigenvalue weighted by atomic mass is 35.5. The molecule has 9 nitrogen and oxygen atoms in total. The van der Waals surface area contributed by atoms with Crippen LogP contribution in [0.1, 0.15) is 54.9 Å². The van der Waals surface area contributed by atoms with E-state index in [1.54, 1.807) is 37.1 Å². The molecule has 1 unspecified atom stereocenters. The van der Waals surface area contributed by atoms with E-state index >= 15 is 0 Å². The van der Waals surface area contributed by atoms with Gasteiger partial charge in [-0.05, 0) is 49.6 Å². The second kappa shape index (κ2) is 15.0. The molecule has 2 aromatic rings. The van der Waals surface area contributed by atoms with E-state index in [-0.39, 0.29) is 47.9 Å². The van der Waals surface area contributed by atoms with Gasteiger partial charge in [-0.25, -0.2) is 4.79 Å². The third kappa shape index (κ3) is 8.56. The number of rotatable bonds is 9. The van der Waals surface area contributed by atoms with Crippen LogP contribution < -0.4 is 15.0 Å². The third-order valence-corrected chi connectivity index (χ3v) is 8.26. The number of anilines is 1. The van der Waals surface area contributed by atoms with Gasteiger partial charge in [0.2, 0.25) is 5.91 Å². The number of methoxy groups -OCH3 is 1. The first kappa shape index (κ1) is 33.4. The predicted molar refractivity (Wildman–Crippen MR) is 160 cm³/mol. The Labute approximate surface area is 260 Å². The van der Waals surface area contributed by atoms with Crippen molar-refractivity contribution in [1.82, 2.24) is 15.1 Å². The Kier molecular flexibility index (Phi) is 11.4. The van der Waals surface area contributed by atoms with Gasteiger partial charge in [-0.1, -0.05) is 49.1 Å². The van der Waals surface area contributed by atoms with E-state index < -0.39 is 30.8 Å². The first-order valence-electron chi connectivity index (χ1n) is 14.7. The van der Waals surface area contributed by atoms with E-state index in [2.05, 4.69) is 5.32 Å². The fraction of sp³-hybridized carbons (Fsp3) is 0.516. The molecule has 1 aliphatic carbocycles. The number of halogens is 4. The molecule has 1 fully saturated rings. The van der Waals surface area contributed by atoms with Gasteiger partial charge in [0.25, 0.3) is 5.91 Å². The molecule has 1 aliphatic heterocycles. The van der Waals surface area contributed by atoms with Gasteiger partial charge in [-0.3, -0.25) is 9.59 Å². The number of nitrogens with one attached hydrogen (secondary N) is 1. The summed E-state index contributed by atoms with van der Waals surface area (Å²) in [6.45, 7) is 1.33. The molecular weight excluding hydrogens is 601 g/mol. The van der Waals surface area contributed by atoms with Crippen LogP contribution in [0.3, 0.4) is 0 Å². The molecular formula is C31H38ClF3N4O5. The maximum Gasteiger partial charge on any atom is 0.422 e. The Morgan fingerprint density at radius 2 is 1.82 bits per heavy atom. The first-order valence-corrected chi connectivity index (χ1v) is 15.1. The fourth-order valence-electron chi connectivity index (χ4n) is 5.69. The van der Waals surface area contributed by atoms with Gasteiger partial charge >= 0.3 is 12.2 Å². The zero-order chi connectivity index (χ0) is 31.9. The zero-order valence-corrected chi connectivity index (χ0v) is 25.6. The molecule has 2 aromatic carbocycles. The number of hydrogen-bond acceptors (Lipinski definition) is 5. The Balaban J connectivity index is 1.47. The summed E-state index contributed by atoms with van der Waals surface area (Å²) in [5.41, 5.74) is 1.36. The van der Waals surface area contributed by atoms with Crippen molar-refractivity contribution < 1.29 is 37.0 Å². The van der Waals surface area contributed by atoms with Crippen molar-refractivity contribution in [3.05, 3.63) is 58.6 Å². The number of urea groups is 1. The summed E-state index contributed by atoms with van der Waals surface area (Å²) in [5.74, 6) is -0.759. The van der Waals surface area contributed by atoms with Gasteiger partial charge < -0.3 is 29.5 Å². The predicted octanol–water partition coefficient (Wildman–Crippen LogP) is 5.65. The minimum Gasteiger partial charge on any atom is -0.484 e. The number of para-hydroxylation sites is 1. The highest BCUT2D eigenvalue weighted by Crippen LogP contribution is 2.32. The lowest BCUT2D eigenvalue weighted by molar-refractivity contribution is -0.153. The highest BCUT2D eigenvalue weighted by Gasteiger charge is 2.33. The van der Waals surface area contributed by atoms with Crippen LogP contribution in [-0.2, 0) is 16.1 Å². The molecule has 13 heteroatoms. The van der Waals surface area contributed by atoms with Crippen LogP contribution >= 0.6 is 11.6 Å². The lowest BCUT2D eigenvalue weighted by Gasteiger charge is -2.35. The molecule has 2 aliphatic rings. The van der Waals surface area contributed by atoms with Crippen LogP contribution in [0.2, 0.25) is 5.02 Å². The van der Waals surface area contributed by atoms with Crippen molar-refractivity contribution in [3.63, 3.8) is 0 Å². The van der Waals surface area contributed by atoms with Crippen LogP contribution in [-0.4, -0.2) is 85.9 Å². The van der Waals surface area contributed by atoms with Gasteiger partial charge in [0.05, 0.1) is 23.7 Å². The quantitative estimate of drug-likeness (QED) is 0.383. The summed E-state index contributed by atoms with van der Waals surface area (Å²) < 4.78 is 47.7. The van der Waals surface area contributed by atoms with Crippen molar-refractivity contribution in [2.24, 2.45) is 0 Å². The molecule has 240 valence electrons. The SMILES string of the molecule is COCCN(C(=O)CNC(=O)N1Cc2ccccc2N(C(=O)c2ccc(OCC(F)(F)F)cc2Cl)CC1C)C1CCCCC1. The van der Waals surface area contributed by atoms with Crippen LogP contribution in [0.4, 0.5) is 23.7 Å². The number of carbonyl (C=O) groups excluding carboxylic acids is 3. The Morgan fingerprint density at radius 1 is 1.09 bits per heavy atom. The van der Waals surface area contributed by atoms with Crippen LogP contribution in [0.15, 0.2) is 42.5 Å². The van der Waals surface area contributed by atoms with Crippen molar-refractivity contribution in [2.45, 2.75) is 63.8 Å². The largest absolute Gasteiger partial charge is 0.484 e. The van der Waals surface area contributed by atoms with Crippen molar-refractivity contribution in [1.29, 1.82) is 0 Å². The molecule has 44 heavy (non-hydrogen) atoms. The molecule has 1 saturated carbocycles. The minimum atomic E-state index is -4.52. The molecule has 0 radical (unpaired) electrons. The number of hydrogen-bond donors (Lipinski definition) is 1. The molecule has 0 bridgehead atoms.